The van der Waals surface area contributed by atoms with Crippen molar-refractivity contribution in [2.24, 2.45) is 0 Å². The zero-order valence-electron chi connectivity index (χ0n) is 10.4. The van der Waals surface area contributed by atoms with E-state index >= 15 is 0 Å². The Morgan fingerprint density at radius 1 is 1.41 bits per heavy atom. The molecule has 0 aliphatic heterocycles. The highest BCUT2D eigenvalue weighted by atomic mass is 32.1. The van der Waals surface area contributed by atoms with Crippen LogP contribution in [0.4, 0.5) is 0 Å². The van der Waals surface area contributed by atoms with E-state index in [1.54, 1.807) is 13.0 Å². The van der Waals surface area contributed by atoms with Crippen molar-refractivity contribution in [3.05, 3.63) is 21.9 Å². The van der Waals surface area contributed by atoms with E-state index in [0.29, 0.717) is 11.4 Å². The number of rotatable bonds is 5. The van der Waals surface area contributed by atoms with E-state index in [9.17, 15) is 9.59 Å². The number of aryl methyl sites for hydroxylation is 1. The summed E-state index contributed by atoms with van der Waals surface area (Å²) in [6, 6.07) is 3.16. The summed E-state index contributed by atoms with van der Waals surface area (Å²) in [6.07, 6.45) is 0.885. The molecule has 1 atom stereocenters. The Kier molecular flexibility index (Phi) is 5.15. The molecule has 1 heterocycles. The molecule has 2 amide bonds. The minimum Gasteiger partial charge on any atom is -0.354 e. The molecule has 0 radical (unpaired) electrons. The molecule has 0 aliphatic carbocycles. The molecule has 0 saturated carbocycles. The number of amides is 2. The minimum atomic E-state index is -0.503. The molecular formula is C12H18N2O2S. The Labute approximate surface area is 105 Å². The molecule has 2 N–H and O–H groups in total. The first-order valence-electron chi connectivity index (χ1n) is 5.69. The molecule has 5 heteroatoms. The summed E-state index contributed by atoms with van der Waals surface area (Å²) in [6.45, 7) is 6.25. The Morgan fingerprint density at radius 3 is 2.65 bits per heavy atom. The van der Waals surface area contributed by atoms with Crippen LogP contribution in [-0.2, 0) is 4.79 Å². The van der Waals surface area contributed by atoms with Gasteiger partial charge in [-0.15, -0.1) is 11.3 Å². The molecule has 94 valence electrons. The third kappa shape index (κ3) is 4.19. The van der Waals surface area contributed by atoms with Gasteiger partial charge in [0.1, 0.15) is 6.04 Å². The second-order valence-corrected chi connectivity index (χ2v) is 5.18. The monoisotopic (exact) mass is 254 g/mol. The van der Waals surface area contributed by atoms with Crippen molar-refractivity contribution in [1.82, 2.24) is 10.6 Å². The largest absolute Gasteiger partial charge is 0.354 e. The Hall–Kier alpha value is -1.36. The summed E-state index contributed by atoms with van der Waals surface area (Å²) in [7, 11) is 0. The average Bonchev–Trinajstić information content (AvgIpc) is 2.72. The highest BCUT2D eigenvalue weighted by molar-refractivity contribution is 7.13. The van der Waals surface area contributed by atoms with Gasteiger partial charge in [0.15, 0.2) is 0 Å². The van der Waals surface area contributed by atoms with Crippen LogP contribution in [-0.4, -0.2) is 24.4 Å². The second-order valence-electron chi connectivity index (χ2n) is 3.90. The molecule has 17 heavy (non-hydrogen) atoms. The lowest BCUT2D eigenvalue weighted by Gasteiger charge is -2.12. The molecule has 0 aromatic carbocycles. The Bertz CT molecular complexity index is 401. The highest BCUT2D eigenvalue weighted by Gasteiger charge is 2.16. The third-order valence-corrected chi connectivity index (χ3v) is 3.25. The molecule has 1 aromatic rings. The molecular weight excluding hydrogens is 236 g/mol. The first-order chi connectivity index (χ1) is 8.04. The molecule has 0 bridgehead atoms. The molecule has 4 nitrogen and oxygen atoms in total. The number of hydrogen-bond donors (Lipinski definition) is 2. The van der Waals surface area contributed by atoms with Crippen molar-refractivity contribution < 1.29 is 9.59 Å². The van der Waals surface area contributed by atoms with E-state index in [2.05, 4.69) is 10.6 Å². The van der Waals surface area contributed by atoms with Gasteiger partial charge in [-0.2, -0.15) is 0 Å². The van der Waals surface area contributed by atoms with Gasteiger partial charge in [-0.1, -0.05) is 6.92 Å². The highest BCUT2D eigenvalue weighted by Crippen LogP contribution is 2.14. The Morgan fingerprint density at radius 2 is 2.12 bits per heavy atom. The van der Waals surface area contributed by atoms with Crippen LogP contribution in [0.5, 0.6) is 0 Å². The normalized spacial score (nSPS) is 11.9. The van der Waals surface area contributed by atoms with Gasteiger partial charge in [0.25, 0.3) is 5.91 Å². The van der Waals surface area contributed by atoms with E-state index in [4.69, 9.17) is 0 Å². The van der Waals surface area contributed by atoms with Gasteiger partial charge in [-0.25, -0.2) is 0 Å². The zero-order valence-corrected chi connectivity index (χ0v) is 11.2. The summed E-state index contributed by atoms with van der Waals surface area (Å²) in [4.78, 5) is 25.0. The summed E-state index contributed by atoms with van der Waals surface area (Å²) in [5, 5.41) is 5.42. The number of carbonyl (C=O) groups excluding carboxylic acids is 2. The molecule has 0 aliphatic rings. The Balaban J connectivity index is 2.48. The van der Waals surface area contributed by atoms with Crippen LogP contribution in [0.2, 0.25) is 0 Å². The smallest absolute Gasteiger partial charge is 0.261 e. The summed E-state index contributed by atoms with van der Waals surface area (Å²) in [5.74, 6) is -0.337. The SMILES string of the molecule is CCCNC(=O)C(C)NC(=O)c1ccc(C)s1. The fourth-order valence-corrected chi connectivity index (χ4v) is 2.06. The van der Waals surface area contributed by atoms with E-state index in [1.165, 1.54) is 11.3 Å². The predicted octanol–water partition coefficient (Wildman–Crippen LogP) is 1.70. The van der Waals surface area contributed by atoms with Crippen molar-refractivity contribution >= 4 is 23.2 Å². The topological polar surface area (TPSA) is 58.2 Å². The van der Waals surface area contributed by atoms with Crippen LogP contribution in [0, 0.1) is 6.92 Å². The first-order valence-corrected chi connectivity index (χ1v) is 6.51. The molecule has 1 rings (SSSR count). The van der Waals surface area contributed by atoms with Crippen molar-refractivity contribution in [3.8, 4) is 0 Å². The van der Waals surface area contributed by atoms with Crippen LogP contribution < -0.4 is 10.6 Å². The maximum absolute atomic E-state index is 11.8. The lowest BCUT2D eigenvalue weighted by molar-refractivity contribution is -0.122. The number of thiophene rings is 1. The number of carbonyl (C=O) groups is 2. The summed E-state index contributed by atoms with van der Waals surface area (Å²) < 4.78 is 0. The maximum Gasteiger partial charge on any atom is 0.261 e. The van der Waals surface area contributed by atoms with Gasteiger partial charge >= 0.3 is 0 Å². The van der Waals surface area contributed by atoms with Crippen LogP contribution in [0.3, 0.4) is 0 Å². The van der Waals surface area contributed by atoms with Gasteiger partial charge in [-0.3, -0.25) is 9.59 Å². The van der Waals surface area contributed by atoms with Crippen LogP contribution in [0.25, 0.3) is 0 Å². The fraction of sp³-hybridized carbons (Fsp3) is 0.500. The van der Waals surface area contributed by atoms with Crippen molar-refractivity contribution in [3.63, 3.8) is 0 Å². The second kappa shape index (κ2) is 6.39. The molecule has 0 spiro atoms. The van der Waals surface area contributed by atoms with Gasteiger partial charge in [0.2, 0.25) is 5.91 Å². The molecule has 1 unspecified atom stereocenters. The van der Waals surface area contributed by atoms with Crippen LogP contribution in [0.1, 0.15) is 34.8 Å². The van der Waals surface area contributed by atoms with Gasteiger partial charge in [0.05, 0.1) is 4.88 Å². The van der Waals surface area contributed by atoms with Gasteiger partial charge in [0, 0.05) is 11.4 Å². The summed E-state index contributed by atoms with van der Waals surface area (Å²) in [5.41, 5.74) is 0. The van der Waals surface area contributed by atoms with E-state index in [1.807, 2.05) is 19.9 Å². The summed E-state index contributed by atoms with van der Waals surface area (Å²) >= 11 is 1.42. The lowest BCUT2D eigenvalue weighted by Crippen LogP contribution is -2.44. The zero-order chi connectivity index (χ0) is 12.8. The third-order valence-electron chi connectivity index (χ3n) is 2.25. The molecule has 0 saturated heterocycles. The van der Waals surface area contributed by atoms with E-state index in [-0.39, 0.29) is 11.8 Å². The lowest BCUT2D eigenvalue weighted by atomic mass is 10.3. The van der Waals surface area contributed by atoms with E-state index in [0.717, 1.165) is 11.3 Å². The minimum absolute atomic E-state index is 0.145. The van der Waals surface area contributed by atoms with Crippen LogP contribution >= 0.6 is 11.3 Å². The van der Waals surface area contributed by atoms with Crippen LogP contribution in [0.15, 0.2) is 12.1 Å². The van der Waals surface area contributed by atoms with Gasteiger partial charge < -0.3 is 10.6 Å². The van der Waals surface area contributed by atoms with Crippen molar-refractivity contribution in [1.29, 1.82) is 0 Å². The number of nitrogens with one attached hydrogen (secondary N) is 2. The molecule has 1 aromatic heterocycles. The number of hydrogen-bond acceptors (Lipinski definition) is 3. The first kappa shape index (κ1) is 13.7. The quantitative estimate of drug-likeness (QED) is 0.840. The average molecular weight is 254 g/mol. The fourth-order valence-electron chi connectivity index (χ4n) is 1.29. The standard InChI is InChI=1S/C12H18N2O2S/c1-4-7-13-11(15)9(3)14-12(16)10-6-5-8(2)17-10/h5-6,9H,4,7H2,1-3H3,(H,13,15)(H,14,16). The van der Waals surface area contributed by atoms with Crippen molar-refractivity contribution in [2.75, 3.05) is 6.54 Å². The van der Waals surface area contributed by atoms with Gasteiger partial charge in [-0.05, 0) is 32.4 Å². The predicted molar refractivity (Wildman–Crippen MR) is 69.3 cm³/mol. The van der Waals surface area contributed by atoms with E-state index < -0.39 is 6.04 Å². The molecule has 0 fully saturated rings. The maximum atomic E-state index is 11.8. The van der Waals surface area contributed by atoms with Crippen molar-refractivity contribution in [2.45, 2.75) is 33.2 Å².